The highest BCUT2D eigenvalue weighted by Gasteiger charge is 2.51. The predicted octanol–water partition coefficient (Wildman–Crippen LogP) is 0.616. The lowest BCUT2D eigenvalue weighted by Crippen LogP contribution is -2.29. The fraction of sp³-hybridized carbons (Fsp3) is 0.632. The highest BCUT2D eigenvalue weighted by atomic mass is 35.5. The van der Waals surface area contributed by atoms with Crippen molar-refractivity contribution in [1.29, 1.82) is 0 Å². The molecular formula is C19H23ClN4O4. The van der Waals surface area contributed by atoms with Crippen molar-refractivity contribution in [3.8, 4) is 0 Å². The van der Waals surface area contributed by atoms with Crippen molar-refractivity contribution in [2.75, 3.05) is 24.6 Å². The maximum atomic E-state index is 12.7. The van der Waals surface area contributed by atoms with Crippen LogP contribution in [0.5, 0.6) is 0 Å². The third-order valence-corrected chi connectivity index (χ3v) is 6.98. The normalized spacial score (nSPS) is 35.3. The standard InChI is InChI=1S/C19H23ClN4O4/c20-14-4-12(23-6-9-2-1-3-10(9)7-23)13-5-21-19(24(13)22-14)15-16(26)11(8-25)17(27)18(15)28/h4-5,9-11,15,17-18,25,27-28H,1-3,6-8H2. The van der Waals surface area contributed by atoms with E-state index in [1.807, 2.05) is 6.07 Å². The first-order valence-corrected chi connectivity index (χ1v) is 10.2. The van der Waals surface area contributed by atoms with E-state index < -0.39 is 36.4 Å². The molecule has 3 heterocycles. The first kappa shape index (κ1) is 18.3. The van der Waals surface area contributed by atoms with Crippen LogP contribution >= 0.6 is 11.6 Å². The Labute approximate surface area is 166 Å². The molecule has 6 atom stereocenters. The number of hydrogen-bond acceptors (Lipinski definition) is 7. The molecule has 2 saturated carbocycles. The molecule has 8 nitrogen and oxygen atoms in total. The van der Waals surface area contributed by atoms with Crippen molar-refractivity contribution in [3.63, 3.8) is 0 Å². The Morgan fingerprint density at radius 3 is 2.54 bits per heavy atom. The van der Waals surface area contributed by atoms with E-state index in [1.165, 1.54) is 23.8 Å². The third kappa shape index (κ3) is 2.58. The first-order chi connectivity index (χ1) is 13.5. The minimum absolute atomic E-state index is 0.241. The Morgan fingerprint density at radius 1 is 1.18 bits per heavy atom. The van der Waals surface area contributed by atoms with E-state index in [1.54, 1.807) is 6.20 Å². The summed E-state index contributed by atoms with van der Waals surface area (Å²) in [4.78, 5) is 19.3. The van der Waals surface area contributed by atoms with E-state index in [2.05, 4.69) is 15.0 Å². The van der Waals surface area contributed by atoms with Gasteiger partial charge in [0.25, 0.3) is 0 Å². The maximum absolute atomic E-state index is 12.7. The molecule has 6 unspecified atom stereocenters. The van der Waals surface area contributed by atoms with Crippen molar-refractivity contribution >= 4 is 28.6 Å². The summed E-state index contributed by atoms with van der Waals surface area (Å²) >= 11 is 6.29. The summed E-state index contributed by atoms with van der Waals surface area (Å²) in [5.74, 6) is -0.865. The SMILES string of the molecule is O=C1C(CO)C(O)C(O)C1c1ncc2c(N3CC4CCCC4C3)cc(Cl)nn12. The number of fused-ring (bicyclic) bond motifs is 2. The monoisotopic (exact) mass is 406 g/mol. The van der Waals surface area contributed by atoms with Crippen molar-refractivity contribution in [2.45, 2.75) is 37.4 Å². The second-order valence-electron chi connectivity index (χ2n) is 8.27. The number of aliphatic hydroxyl groups excluding tert-OH is 3. The largest absolute Gasteiger partial charge is 0.396 e. The van der Waals surface area contributed by atoms with Gasteiger partial charge >= 0.3 is 0 Å². The van der Waals surface area contributed by atoms with E-state index in [0.29, 0.717) is 11.8 Å². The molecule has 0 aromatic carbocycles. The highest BCUT2D eigenvalue weighted by Crippen LogP contribution is 2.42. The van der Waals surface area contributed by atoms with E-state index in [0.717, 1.165) is 24.3 Å². The maximum Gasteiger partial charge on any atom is 0.154 e. The molecule has 2 aliphatic carbocycles. The van der Waals surface area contributed by atoms with Crippen LogP contribution in [-0.4, -0.2) is 67.6 Å². The number of ketones is 1. The number of aromatic nitrogens is 3. The van der Waals surface area contributed by atoms with Gasteiger partial charge in [0.15, 0.2) is 10.9 Å². The molecule has 150 valence electrons. The number of imidazole rings is 1. The van der Waals surface area contributed by atoms with Gasteiger partial charge in [-0.3, -0.25) is 4.79 Å². The molecule has 9 heteroatoms. The van der Waals surface area contributed by atoms with Gasteiger partial charge in [0.1, 0.15) is 17.3 Å². The average molecular weight is 407 g/mol. The molecule has 1 saturated heterocycles. The van der Waals surface area contributed by atoms with Gasteiger partial charge in [0.05, 0.1) is 36.6 Å². The lowest BCUT2D eigenvalue weighted by molar-refractivity contribution is -0.124. The Bertz CT molecular complexity index is 922. The third-order valence-electron chi connectivity index (χ3n) is 6.80. The summed E-state index contributed by atoms with van der Waals surface area (Å²) < 4.78 is 1.50. The quantitative estimate of drug-likeness (QED) is 0.685. The summed E-state index contributed by atoms with van der Waals surface area (Å²) in [7, 11) is 0. The fourth-order valence-corrected chi connectivity index (χ4v) is 5.51. The molecule has 2 aromatic rings. The number of nitrogens with zero attached hydrogens (tertiary/aromatic N) is 4. The number of carbonyl (C=O) groups excluding carboxylic acids is 1. The molecule has 1 aliphatic heterocycles. The van der Waals surface area contributed by atoms with Crippen LogP contribution in [0.3, 0.4) is 0 Å². The van der Waals surface area contributed by atoms with Crippen molar-refractivity contribution in [1.82, 2.24) is 14.6 Å². The number of halogens is 1. The molecule has 0 radical (unpaired) electrons. The van der Waals surface area contributed by atoms with Gasteiger partial charge in [-0.05, 0) is 24.7 Å². The van der Waals surface area contributed by atoms with Crippen LogP contribution in [0.2, 0.25) is 5.15 Å². The fourth-order valence-electron chi connectivity index (χ4n) is 5.33. The smallest absolute Gasteiger partial charge is 0.154 e. The molecule has 3 aliphatic rings. The van der Waals surface area contributed by atoms with Crippen LogP contribution in [0.4, 0.5) is 5.69 Å². The number of carbonyl (C=O) groups is 1. The number of rotatable bonds is 3. The number of hydrogen-bond donors (Lipinski definition) is 3. The van der Waals surface area contributed by atoms with Crippen molar-refractivity contribution in [2.24, 2.45) is 17.8 Å². The second kappa shape index (κ2) is 6.66. The van der Waals surface area contributed by atoms with Crippen LogP contribution in [0.25, 0.3) is 5.52 Å². The molecule has 0 spiro atoms. The van der Waals surface area contributed by atoms with Crippen LogP contribution in [-0.2, 0) is 4.79 Å². The van der Waals surface area contributed by atoms with Crippen LogP contribution < -0.4 is 4.90 Å². The van der Waals surface area contributed by atoms with Crippen molar-refractivity contribution in [3.05, 3.63) is 23.2 Å². The lowest BCUT2D eigenvalue weighted by atomic mass is 10.0. The minimum Gasteiger partial charge on any atom is -0.396 e. The second-order valence-corrected chi connectivity index (χ2v) is 8.66. The molecule has 3 N–H and O–H groups in total. The Morgan fingerprint density at radius 2 is 1.89 bits per heavy atom. The summed E-state index contributed by atoms with van der Waals surface area (Å²) in [6.45, 7) is 1.42. The Kier molecular flexibility index (Phi) is 4.35. The van der Waals surface area contributed by atoms with Gasteiger partial charge in [-0.2, -0.15) is 5.10 Å². The zero-order valence-electron chi connectivity index (χ0n) is 15.3. The summed E-state index contributed by atoms with van der Waals surface area (Å²) in [6.07, 6.45) is 2.77. The topological polar surface area (TPSA) is 111 Å². The van der Waals surface area contributed by atoms with Crippen LogP contribution in [0.1, 0.15) is 31.0 Å². The molecule has 0 amide bonds. The molecule has 5 rings (SSSR count). The number of aliphatic hydroxyl groups is 3. The first-order valence-electron chi connectivity index (χ1n) is 9.79. The number of anilines is 1. The van der Waals surface area contributed by atoms with E-state index in [4.69, 9.17) is 11.6 Å². The zero-order chi connectivity index (χ0) is 19.6. The van der Waals surface area contributed by atoms with E-state index in [-0.39, 0.29) is 11.0 Å². The average Bonchev–Trinajstić information content (AvgIpc) is 3.39. The molecule has 3 fully saturated rings. The van der Waals surface area contributed by atoms with Gasteiger partial charge < -0.3 is 20.2 Å². The Balaban J connectivity index is 1.56. The minimum atomic E-state index is -1.34. The number of Topliss-reactive ketones (excluding diaryl/α,β-unsaturated/α-hetero) is 1. The van der Waals surface area contributed by atoms with Gasteiger partial charge in [0, 0.05) is 19.2 Å². The van der Waals surface area contributed by atoms with Crippen LogP contribution in [0.15, 0.2) is 12.3 Å². The molecule has 2 aromatic heterocycles. The molecule has 0 bridgehead atoms. The van der Waals surface area contributed by atoms with E-state index >= 15 is 0 Å². The molecular weight excluding hydrogens is 384 g/mol. The summed E-state index contributed by atoms with van der Waals surface area (Å²) in [5.41, 5.74) is 1.65. The van der Waals surface area contributed by atoms with E-state index in [9.17, 15) is 20.1 Å². The van der Waals surface area contributed by atoms with Gasteiger partial charge in [0.2, 0.25) is 0 Å². The predicted molar refractivity (Wildman–Crippen MR) is 101 cm³/mol. The summed E-state index contributed by atoms with van der Waals surface area (Å²) in [6, 6.07) is 1.82. The lowest BCUT2D eigenvalue weighted by Gasteiger charge is -2.21. The van der Waals surface area contributed by atoms with Gasteiger partial charge in [-0.25, -0.2) is 9.50 Å². The summed E-state index contributed by atoms with van der Waals surface area (Å²) in [5, 5.41) is 34.5. The Hall–Kier alpha value is -1.74. The molecule has 28 heavy (non-hydrogen) atoms. The highest BCUT2D eigenvalue weighted by molar-refractivity contribution is 6.29. The van der Waals surface area contributed by atoms with Crippen molar-refractivity contribution < 1.29 is 20.1 Å². The van der Waals surface area contributed by atoms with Gasteiger partial charge in [-0.1, -0.05) is 18.0 Å². The zero-order valence-corrected chi connectivity index (χ0v) is 16.0. The van der Waals surface area contributed by atoms with Crippen LogP contribution in [0, 0.1) is 17.8 Å². The van der Waals surface area contributed by atoms with Gasteiger partial charge in [-0.15, -0.1) is 0 Å².